The van der Waals surface area contributed by atoms with Crippen molar-refractivity contribution in [2.24, 2.45) is 0 Å². The van der Waals surface area contributed by atoms with E-state index in [1.807, 2.05) is 0 Å². The van der Waals surface area contributed by atoms with E-state index >= 15 is 0 Å². The van der Waals surface area contributed by atoms with Gasteiger partial charge in [-0.05, 0) is 23.8 Å². The summed E-state index contributed by atoms with van der Waals surface area (Å²) in [5.74, 6) is -0.678. The predicted octanol–water partition coefficient (Wildman–Crippen LogP) is 3.24. The van der Waals surface area contributed by atoms with Crippen LogP contribution >= 0.6 is 15.9 Å². The van der Waals surface area contributed by atoms with E-state index < -0.39 is 23.4 Å². The molecule has 7 heteroatoms. The summed E-state index contributed by atoms with van der Waals surface area (Å²) in [4.78, 5) is 10.9. The zero-order chi connectivity index (χ0) is 13.9. The molecule has 0 atom stereocenters. The second-order valence-electron chi connectivity index (χ2n) is 3.31. The predicted molar refractivity (Wildman–Crippen MR) is 64.6 cm³/mol. The number of halogens is 4. The number of ether oxygens (including phenoxy) is 1. The summed E-state index contributed by atoms with van der Waals surface area (Å²) in [7, 11) is 1.16. The summed E-state index contributed by atoms with van der Waals surface area (Å²) in [6, 6.07) is 2.26. The van der Waals surface area contributed by atoms with Gasteiger partial charge in [0.15, 0.2) is 0 Å². The van der Waals surface area contributed by atoms with Gasteiger partial charge in [-0.3, -0.25) is 0 Å². The van der Waals surface area contributed by atoms with Crippen molar-refractivity contribution in [3.8, 4) is 0 Å². The van der Waals surface area contributed by atoms with Gasteiger partial charge in [0, 0.05) is 10.5 Å². The fraction of sp³-hybridized carbons (Fsp3) is 0.182. The Bertz CT molecular complexity index is 498. The lowest BCUT2D eigenvalue weighted by Crippen LogP contribution is -2.10. The molecule has 1 aromatic carbocycles. The largest absolute Gasteiger partial charge is 0.466 e. The van der Waals surface area contributed by atoms with Gasteiger partial charge in [0.25, 0.3) is 0 Å². The Hall–Kier alpha value is -1.50. The van der Waals surface area contributed by atoms with Crippen molar-refractivity contribution in [1.82, 2.24) is 0 Å². The number of anilines is 1. The third-order valence-electron chi connectivity index (χ3n) is 2.08. The Morgan fingerprint density at radius 2 is 2.06 bits per heavy atom. The molecular weight excluding hydrogens is 315 g/mol. The Labute approximate surface area is 110 Å². The Kier molecular flexibility index (Phi) is 4.39. The Morgan fingerprint density at radius 1 is 1.44 bits per heavy atom. The summed E-state index contributed by atoms with van der Waals surface area (Å²) in [5, 5.41) is 0. The molecule has 98 valence electrons. The second-order valence-corrected chi connectivity index (χ2v) is 4.23. The number of esters is 1. The number of nitrogen functional groups attached to an aromatic ring is 1. The molecular formula is C11H9BrF3NO2. The third-order valence-corrected chi connectivity index (χ3v) is 2.54. The van der Waals surface area contributed by atoms with Crippen LogP contribution in [0.4, 0.5) is 18.9 Å². The monoisotopic (exact) mass is 323 g/mol. The zero-order valence-corrected chi connectivity index (χ0v) is 10.8. The van der Waals surface area contributed by atoms with E-state index in [1.54, 1.807) is 0 Å². The van der Waals surface area contributed by atoms with Gasteiger partial charge in [-0.25, -0.2) is 4.79 Å². The highest BCUT2D eigenvalue weighted by molar-refractivity contribution is 9.10. The molecule has 0 aromatic heterocycles. The Balaban J connectivity index is 3.26. The van der Waals surface area contributed by atoms with Gasteiger partial charge >= 0.3 is 12.1 Å². The van der Waals surface area contributed by atoms with Gasteiger partial charge in [-0.2, -0.15) is 13.2 Å². The lowest BCUT2D eigenvalue weighted by Gasteiger charge is -2.12. The molecule has 3 nitrogen and oxygen atoms in total. The third kappa shape index (κ3) is 3.49. The molecule has 1 aromatic rings. The summed E-state index contributed by atoms with van der Waals surface area (Å²) in [5.41, 5.74) is 4.11. The first-order valence-electron chi connectivity index (χ1n) is 4.68. The number of nitrogens with two attached hydrogens (primary N) is 1. The van der Waals surface area contributed by atoms with Crippen molar-refractivity contribution in [3.05, 3.63) is 33.8 Å². The molecule has 0 unspecified atom stereocenters. The van der Waals surface area contributed by atoms with Crippen LogP contribution in [0, 0.1) is 0 Å². The van der Waals surface area contributed by atoms with E-state index in [-0.39, 0.29) is 10.0 Å². The van der Waals surface area contributed by atoms with Gasteiger partial charge in [0.1, 0.15) is 0 Å². The number of methoxy groups -OCH3 is 1. The smallest absolute Gasteiger partial charge is 0.418 e. The molecule has 0 radical (unpaired) electrons. The average molecular weight is 324 g/mol. The van der Waals surface area contributed by atoms with Crippen molar-refractivity contribution in [2.75, 3.05) is 12.8 Å². The van der Waals surface area contributed by atoms with Crippen LogP contribution in [0.3, 0.4) is 0 Å². The number of hydrogen-bond acceptors (Lipinski definition) is 3. The molecule has 2 N–H and O–H groups in total. The number of rotatable bonds is 2. The fourth-order valence-corrected chi connectivity index (χ4v) is 1.71. The molecule has 0 saturated heterocycles. The standard InChI is InChI=1S/C11H9BrF3NO2/c1-18-9(17)3-2-6-4-7(12)5-8(10(6)16)11(13,14)15/h2-5H,16H2,1H3. The van der Waals surface area contributed by atoms with Crippen LogP contribution in [0.2, 0.25) is 0 Å². The number of carbonyl (C=O) groups excluding carboxylic acids is 1. The van der Waals surface area contributed by atoms with E-state index in [9.17, 15) is 18.0 Å². The van der Waals surface area contributed by atoms with Gasteiger partial charge in [0.2, 0.25) is 0 Å². The van der Waals surface area contributed by atoms with Crippen molar-refractivity contribution in [3.63, 3.8) is 0 Å². The van der Waals surface area contributed by atoms with E-state index in [4.69, 9.17) is 5.73 Å². The number of benzene rings is 1. The van der Waals surface area contributed by atoms with E-state index in [0.717, 1.165) is 19.3 Å². The number of hydrogen-bond donors (Lipinski definition) is 1. The van der Waals surface area contributed by atoms with Gasteiger partial charge in [0.05, 0.1) is 18.4 Å². The van der Waals surface area contributed by atoms with Gasteiger partial charge in [-0.15, -0.1) is 0 Å². The highest BCUT2D eigenvalue weighted by Gasteiger charge is 2.33. The van der Waals surface area contributed by atoms with Crippen LogP contribution in [0.5, 0.6) is 0 Å². The molecule has 0 bridgehead atoms. The van der Waals surface area contributed by atoms with Crippen molar-refractivity contribution < 1.29 is 22.7 Å². The van der Waals surface area contributed by atoms with Crippen LogP contribution in [0.1, 0.15) is 11.1 Å². The minimum absolute atomic E-state index is 0.0853. The molecule has 0 saturated carbocycles. The summed E-state index contributed by atoms with van der Waals surface area (Å²) in [6.07, 6.45) is -2.39. The first kappa shape index (κ1) is 14.6. The highest BCUT2D eigenvalue weighted by Crippen LogP contribution is 2.37. The van der Waals surface area contributed by atoms with Gasteiger partial charge in [-0.1, -0.05) is 15.9 Å². The lowest BCUT2D eigenvalue weighted by molar-refractivity contribution is -0.137. The van der Waals surface area contributed by atoms with Crippen molar-refractivity contribution >= 4 is 33.7 Å². The minimum Gasteiger partial charge on any atom is -0.466 e. The molecule has 0 heterocycles. The van der Waals surface area contributed by atoms with Crippen LogP contribution < -0.4 is 5.73 Å². The topological polar surface area (TPSA) is 52.3 Å². The van der Waals surface area contributed by atoms with Gasteiger partial charge < -0.3 is 10.5 Å². The highest BCUT2D eigenvalue weighted by atomic mass is 79.9. The summed E-state index contributed by atoms with van der Waals surface area (Å²) < 4.78 is 42.5. The molecule has 0 spiro atoms. The normalized spacial score (nSPS) is 11.8. The Morgan fingerprint density at radius 3 is 2.56 bits per heavy atom. The van der Waals surface area contributed by atoms with Crippen molar-refractivity contribution in [2.45, 2.75) is 6.18 Å². The van der Waals surface area contributed by atoms with Crippen LogP contribution in [-0.4, -0.2) is 13.1 Å². The molecule has 1 rings (SSSR count). The van der Waals surface area contributed by atoms with E-state index in [2.05, 4.69) is 20.7 Å². The van der Waals surface area contributed by atoms with Crippen LogP contribution in [0.25, 0.3) is 6.08 Å². The number of alkyl halides is 3. The maximum Gasteiger partial charge on any atom is 0.418 e. The van der Waals surface area contributed by atoms with Crippen molar-refractivity contribution in [1.29, 1.82) is 0 Å². The maximum absolute atomic E-state index is 12.7. The first-order chi connectivity index (χ1) is 8.25. The van der Waals surface area contributed by atoms with Crippen LogP contribution in [-0.2, 0) is 15.7 Å². The van der Waals surface area contributed by atoms with E-state index in [1.165, 1.54) is 12.1 Å². The number of carbonyl (C=O) groups is 1. The molecule has 0 aliphatic heterocycles. The lowest BCUT2D eigenvalue weighted by atomic mass is 10.1. The second kappa shape index (κ2) is 5.43. The quantitative estimate of drug-likeness (QED) is 0.516. The average Bonchev–Trinajstić information content (AvgIpc) is 2.27. The SMILES string of the molecule is COC(=O)C=Cc1cc(Br)cc(C(F)(F)F)c1N. The summed E-state index contributed by atoms with van der Waals surface area (Å²) in [6.45, 7) is 0. The van der Waals surface area contributed by atoms with E-state index in [0.29, 0.717) is 0 Å². The molecule has 18 heavy (non-hydrogen) atoms. The van der Waals surface area contributed by atoms with Crippen LogP contribution in [0.15, 0.2) is 22.7 Å². The first-order valence-corrected chi connectivity index (χ1v) is 5.47. The molecule has 0 aliphatic carbocycles. The minimum atomic E-state index is -4.55. The zero-order valence-electron chi connectivity index (χ0n) is 9.22. The maximum atomic E-state index is 12.7. The fourth-order valence-electron chi connectivity index (χ4n) is 1.24. The summed E-state index contributed by atoms with van der Waals surface area (Å²) >= 11 is 2.96. The molecule has 0 amide bonds. The molecule has 0 aliphatic rings. The molecule has 0 fully saturated rings.